The molecule has 1 aliphatic heterocycles. The number of likely N-dealkylation sites (N-methyl/N-ethyl adjacent to an activating group) is 1. The second-order valence-electron chi connectivity index (χ2n) is 5.12. The molecule has 16 heavy (non-hydrogen) atoms. The summed E-state index contributed by atoms with van der Waals surface area (Å²) in [5.74, 6) is 2.55. The zero-order valence-electron chi connectivity index (χ0n) is 11.0. The minimum absolute atomic E-state index is 0.289. The maximum Gasteiger partial charge on any atom is 0.0344 e. The van der Waals surface area contributed by atoms with Gasteiger partial charge in [-0.15, -0.1) is 0 Å². The Balaban J connectivity index is 2.39. The molecule has 0 spiro atoms. The van der Waals surface area contributed by atoms with Gasteiger partial charge in [0.15, 0.2) is 0 Å². The molecular weight excluding hydrogens is 218 g/mol. The average molecular weight is 245 g/mol. The van der Waals surface area contributed by atoms with E-state index in [4.69, 9.17) is 5.73 Å². The van der Waals surface area contributed by atoms with Crippen LogP contribution in [0.2, 0.25) is 0 Å². The van der Waals surface area contributed by atoms with Gasteiger partial charge in [-0.25, -0.2) is 0 Å². The minimum Gasteiger partial charge on any atom is -0.329 e. The fourth-order valence-corrected chi connectivity index (χ4v) is 3.61. The molecule has 2 N–H and O–H groups in total. The number of rotatable bonds is 6. The molecule has 0 amide bonds. The smallest absolute Gasteiger partial charge is 0.0344 e. The standard InChI is InChI=1S/C12H27N3S/c1-14(2)7-4-8-15(3)12(11-13)5-9-16-10-6-12/h4-11,13H2,1-3H3. The van der Waals surface area contributed by atoms with E-state index in [1.165, 1.54) is 43.9 Å². The Kier molecular flexibility index (Phi) is 6.11. The lowest BCUT2D eigenvalue weighted by molar-refractivity contribution is 0.111. The van der Waals surface area contributed by atoms with Gasteiger partial charge in [-0.2, -0.15) is 11.8 Å². The number of hydrogen-bond acceptors (Lipinski definition) is 4. The molecule has 96 valence electrons. The van der Waals surface area contributed by atoms with Gasteiger partial charge in [-0.3, -0.25) is 4.90 Å². The van der Waals surface area contributed by atoms with Crippen molar-refractivity contribution in [3.05, 3.63) is 0 Å². The third-order valence-electron chi connectivity index (χ3n) is 3.71. The topological polar surface area (TPSA) is 32.5 Å². The Morgan fingerprint density at radius 2 is 1.75 bits per heavy atom. The molecule has 0 aromatic carbocycles. The Hall–Kier alpha value is 0.230. The molecule has 0 radical (unpaired) electrons. The van der Waals surface area contributed by atoms with Gasteiger partial charge in [0.25, 0.3) is 0 Å². The maximum atomic E-state index is 6.01. The quantitative estimate of drug-likeness (QED) is 0.759. The second kappa shape index (κ2) is 6.84. The van der Waals surface area contributed by atoms with Gasteiger partial charge in [0, 0.05) is 12.1 Å². The maximum absolute atomic E-state index is 6.01. The zero-order valence-corrected chi connectivity index (χ0v) is 11.9. The number of nitrogens with zero attached hydrogens (tertiary/aromatic N) is 2. The van der Waals surface area contributed by atoms with E-state index in [2.05, 4.69) is 42.7 Å². The highest BCUT2D eigenvalue weighted by Gasteiger charge is 2.34. The van der Waals surface area contributed by atoms with Crippen LogP contribution in [0.15, 0.2) is 0 Å². The monoisotopic (exact) mass is 245 g/mol. The van der Waals surface area contributed by atoms with Gasteiger partial charge < -0.3 is 10.6 Å². The van der Waals surface area contributed by atoms with Gasteiger partial charge in [0.1, 0.15) is 0 Å². The van der Waals surface area contributed by atoms with E-state index in [0.29, 0.717) is 0 Å². The van der Waals surface area contributed by atoms with E-state index in [-0.39, 0.29) is 5.54 Å². The van der Waals surface area contributed by atoms with E-state index in [0.717, 1.165) is 6.54 Å². The molecule has 3 nitrogen and oxygen atoms in total. The lowest BCUT2D eigenvalue weighted by atomic mass is 9.90. The van der Waals surface area contributed by atoms with Gasteiger partial charge >= 0.3 is 0 Å². The summed E-state index contributed by atoms with van der Waals surface area (Å²) in [7, 11) is 6.52. The van der Waals surface area contributed by atoms with Gasteiger partial charge in [-0.05, 0) is 65.0 Å². The largest absolute Gasteiger partial charge is 0.329 e. The van der Waals surface area contributed by atoms with Crippen LogP contribution >= 0.6 is 11.8 Å². The van der Waals surface area contributed by atoms with Crippen molar-refractivity contribution in [2.75, 3.05) is 52.3 Å². The van der Waals surface area contributed by atoms with E-state index in [1.807, 2.05) is 0 Å². The van der Waals surface area contributed by atoms with Crippen molar-refractivity contribution in [3.63, 3.8) is 0 Å². The minimum atomic E-state index is 0.289. The van der Waals surface area contributed by atoms with Crippen LogP contribution in [0, 0.1) is 0 Å². The van der Waals surface area contributed by atoms with E-state index >= 15 is 0 Å². The lowest BCUT2D eigenvalue weighted by Gasteiger charge is -2.44. The van der Waals surface area contributed by atoms with Crippen molar-refractivity contribution in [2.24, 2.45) is 5.73 Å². The van der Waals surface area contributed by atoms with Gasteiger partial charge in [0.2, 0.25) is 0 Å². The van der Waals surface area contributed by atoms with E-state index in [1.54, 1.807) is 0 Å². The highest BCUT2D eigenvalue weighted by molar-refractivity contribution is 7.99. The molecule has 0 aromatic heterocycles. The third kappa shape index (κ3) is 3.91. The van der Waals surface area contributed by atoms with E-state index in [9.17, 15) is 0 Å². The Morgan fingerprint density at radius 1 is 1.12 bits per heavy atom. The molecule has 1 rings (SSSR count). The summed E-state index contributed by atoms with van der Waals surface area (Å²) >= 11 is 2.07. The summed E-state index contributed by atoms with van der Waals surface area (Å²) in [6.45, 7) is 3.14. The van der Waals surface area contributed by atoms with Crippen LogP contribution in [0.1, 0.15) is 19.3 Å². The zero-order chi connectivity index (χ0) is 12.0. The Morgan fingerprint density at radius 3 is 2.25 bits per heavy atom. The summed E-state index contributed by atoms with van der Waals surface area (Å²) in [6.07, 6.45) is 3.75. The fourth-order valence-electron chi connectivity index (χ4n) is 2.35. The van der Waals surface area contributed by atoms with Crippen molar-refractivity contribution in [1.82, 2.24) is 9.80 Å². The Labute approximate surface area is 105 Å². The number of hydrogen-bond donors (Lipinski definition) is 1. The number of nitrogens with two attached hydrogens (primary N) is 1. The lowest BCUT2D eigenvalue weighted by Crippen LogP contribution is -2.54. The predicted molar refractivity (Wildman–Crippen MR) is 74.1 cm³/mol. The van der Waals surface area contributed by atoms with Crippen molar-refractivity contribution in [3.8, 4) is 0 Å². The fraction of sp³-hybridized carbons (Fsp3) is 1.00. The molecule has 0 unspecified atom stereocenters. The van der Waals surface area contributed by atoms with Crippen molar-refractivity contribution >= 4 is 11.8 Å². The Bertz CT molecular complexity index is 191. The van der Waals surface area contributed by atoms with Crippen molar-refractivity contribution < 1.29 is 0 Å². The van der Waals surface area contributed by atoms with Gasteiger partial charge in [-0.1, -0.05) is 0 Å². The summed E-state index contributed by atoms with van der Waals surface area (Å²) < 4.78 is 0. The van der Waals surface area contributed by atoms with E-state index < -0.39 is 0 Å². The first-order chi connectivity index (χ1) is 7.60. The molecular formula is C12H27N3S. The van der Waals surface area contributed by atoms with Crippen LogP contribution in [0.3, 0.4) is 0 Å². The van der Waals surface area contributed by atoms with Crippen LogP contribution in [-0.4, -0.2) is 67.6 Å². The molecule has 0 atom stereocenters. The summed E-state index contributed by atoms with van der Waals surface area (Å²) in [5.41, 5.74) is 6.30. The molecule has 0 saturated carbocycles. The first-order valence-electron chi connectivity index (χ1n) is 6.24. The van der Waals surface area contributed by atoms with Crippen LogP contribution < -0.4 is 5.73 Å². The first kappa shape index (κ1) is 14.3. The molecule has 1 fully saturated rings. The van der Waals surface area contributed by atoms with Crippen LogP contribution in [0.25, 0.3) is 0 Å². The normalized spacial score (nSPS) is 20.6. The van der Waals surface area contributed by atoms with Crippen LogP contribution in [0.4, 0.5) is 0 Å². The second-order valence-corrected chi connectivity index (χ2v) is 6.34. The number of thioether (sulfide) groups is 1. The summed E-state index contributed by atoms with van der Waals surface area (Å²) in [5, 5.41) is 0. The molecule has 0 aromatic rings. The van der Waals surface area contributed by atoms with Gasteiger partial charge in [0.05, 0.1) is 0 Å². The summed E-state index contributed by atoms with van der Waals surface area (Å²) in [6, 6.07) is 0. The molecule has 1 heterocycles. The highest BCUT2D eigenvalue weighted by Crippen LogP contribution is 2.30. The van der Waals surface area contributed by atoms with Crippen molar-refractivity contribution in [2.45, 2.75) is 24.8 Å². The van der Waals surface area contributed by atoms with Crippen LogP contribution in [0.5, 0.6) is 0 Å². The van der Waals surface area contributed by atoms with Crippen molar-refractivity contribution in [1.29, 1.82) is 0 Å². The predicted octanol–water partition coefficient (Wildman–Crippen LogP) is 1.09. The molecule has 0 aliphatic carbocycles. The first-order valence-corrected chi connectivity index (χ1v) is 7.40. The average Bonchev–Trinajstić information content (AvgIpc) is 2.29. The molecule has 0 bridgehead atoms. The summed E-state index contributed by atoms with van der Waals surface area (Å²) in [4.78, 5) is 4.76. The highest BCUT2D eigenvalue weighted by atomic mass is 32.2. The molecule has 1 aliphatic rings. The van der Waals surface area contributed by atoms with Crippen LogP contribution in [-0.2, 0) is 0 Å². The third-order valence-corrected chi connectivity index (χ3v) is 4.70. The SMILES string of the molecule is CN(C)CCCN(C)C1(CN)CCSCC1. The molecule has 4 heteroatoms. The molecule has 1 saturated heterocycles.